The molecule has 9 aromatic rings. The lowest BCUT2D eigenvalue weighted by Gasteiger charge is -2.51. The molecule has 8 aromatic carbocycles. The third kappa shape index (κ3) is 6.97. The molecule has 13 rings (SSSR count). The molecule has 0 spiro atoms. The van der Waals surface area contributed by atoms with E-state index in [0.717, 1.165) is 6.42 Å². The minimum Gasteiger partial charge on any atom is -0.334 e. The first-order valence-electron chi connectivity index (χ1n) is 27.3. The number of fused-ring (bicyclic) bond motifs is 10. The summed E-state index contributed by atoms with van der Waals surface area (Å²) in [7, 11) is 0. The molecule has 2 unspecified atom stereocenters. The van der Waals surface area contributed by atoms with Crippen molar-refractivity contribution in [3.8, 4) is 11.1 Å². The van der Waals surface area contributed by atoms with Crippen LogP contribution in [0.15, 0.2) is 158 Å². The molecule has 5 heteroatoms. The monoisotopic (exact) mass is 984 g/mol. The summed E-state index contributed by atoms with van der Waals surface area (Å²) in [4.78, 5) is 8.09. The van der Waals surface area contributed by atoms with E-state index in [2.05, 4.69) is 256 Å². The van der Waals surface area contributed by atoms with Gasteiger partial charge in [0.2, 0.25) is 0 Å². The van der Waals surface area contributed by atoms with E-state index in [-0.39, 0.29) is 33.9 Å². The van der Waals surface area contributed by atoms with Crippen LogP contribution in [-0.4, -0.2) is 12.3 Å². The first-order valence-corrected chi connectivity index (χ1v) is 28.1. The van der Waals surface area contributed by atoms with Crippen molar-refractivity contribution in [2.45, 2.75) is 136 Å². The third-order valence-electron chi connectivity index (χ3n) is 18.1. The number of hydrogen-bond acceptors (Lipinski definition) is 4. The zero-order chi connectivity index (χ0) is 51.4. The van der Waals surface area contributed by atoms with Crippen LogP contribution in [-0.2, 0) is 21.7 Å². The van der Waals surface area contributed by atoms with Gasteiger partial charge in [-0.05, 0) is 165 Å². The number of rotatable bonds is 4. The van der Waals surface area contributed by atoms with Crippen LogP contribution >= 0.6 is 11.3 Å². The Balaban J connectivity index is 1.11. The predicted molar refractivity (Wildman–Crippen MR) is 322 cm³/mol. The van der Waals surface area contributed by atoms with Gasteiger partial charge in [-0.1, -0.05) is 167 Å². The van der Waals surface area contributed by atoms with Crippen molar-refractivity contribution in [1.82, 2.24) is 0 Å². The molecule has 4 aliphatic rings. The Bertz CT molecular complexity index is 3770. The average molecular weight is 984 g/mol. The highest BCUT2D eigenvalue weighted by atomic mass is 32.1. The van der Waals surface area contributed by atoms with E-state index < -0.39 is 0 Å². The van der Waals surface area contributed by atoms with E-state index in [4.69, 9.17) is 0 Å². The zero-order valence-electron chi connectivity index (χ0n) is 45.7. The Morgan fingerprint density at radius 3 is 1.78 bits per heavy atom. The maximum absolute atomic E-state index is 2.79. The van der Waals surface area contributed by atoms with Crippen LogP contribution in [0.25, 0.3) is 31.3 Å². The highest BCUT2D eigenvalue weighted by Gasteiger charge is 2.58. The van der Waals surface area contributed by atoms with E-state index in [1.807, 2.05) is 11.3 Å². The topological polar surface area (TPSA) is 9.72 Å². The molecule has 0 bridgehead atoms. The number of anilines is 8. The number of aryl methyl sites for hydroxylation is 1. The summed E-state index contributed by atoms with van der Waals surface area (Å²) in [5.74, 6) is 0. The van der Waals surface area contributed by atoms with Gasteiger partial charge in [-0.2, -0.15) is 0 Å². The summed E-state index contributed by atoms with van der Waals surface area (Å²) in [6, 6.07) is 62.1. The van der Waals surface area contributed by atoms with E-state index in [0.29, 0.717) is 0 Å². The highest BCUT2D eigenvalue weighted by molar-refractivity contribution is 7.25. The number of nitrogens with zero attached hydrogens (tertiary/aromatic N) is 3. The molecule has 1 aliphatic carbocycles. The summed E-state index contributed by atoms with van der Waals surface area (Å²) >= 11 is 1.89. The van der Waals surface area contributed by atoms with Gasteiger partial charge in [0.25, 0.3) is 6.71 Å². The fourth-order valence-electron chi connectivity index (χ4n) is 13.8. The molecule has 74 heavy (non-hydrogen) atoms. The van der Waals surface area contributed by atoms with Crippen molar-refractivity contribution in [3.05, 3.63) is 186 Å². The number of thiophene rings is 1. The van der Waals surface area contributed by atoms with Crippen LogP contribution in [0.5, 0.6) is 0 Å². The highest BCUT2D eigenvalue weighted by Crippen LogP contribution is 2.62. The number of benzene rings is 8. The van der Waals surface area contributed by atoms with Crippen LogP contribution < -0.4 is 31.1 Å². The number of hydrogen-bond donors (Lipinski definition) is 0. The average Bonchev–Trinajstić information content (AvgIpc) is 3.85. The molecular formula is C69H70BN3S. The summed E-state index contributed by atoms with van der Waals surface area (Å²) in [6.07, 6.45) is 4.83. The second-order valence-electron chi connectivity index (χ2n) is 25.8. The van der Waals surface area contributed by atoms with Gasteiger partial charge in [0.1, 0.15) is 0 Å². The summed E-state index contributed by atoms with van der Waals surface area (Å²) in [5.41, 5.74) is 23.3. The van der Waals surface area contributed by atoms with Crippen molar-refractivity contribution in [1.29, 1.82) is 0 Å². The Kier molecular flexibility index (Phi) is 10.3. The van der Waals surface area contributed by atoms with E-state index in [1.165, 1.54) is 140 Å². The second-order valence-corrected chi connectivity index (χ2v) is 26.9. The van der Waals surface area contributed by atoms with Gasteiger partial charge < -0.3 is 14.7 Å². The molecule has 1 saturated carbocycles. The fourth-order valence-corrected chi connectivity index (χ4v) is 14.8. The Morgan fingerprint density at radius 1 is 0.473 bits per heavy atom. The largest absolute Gasteiger partial charge is 0.334 e. The van der Waals surface area contributed by atoms with Crippen molar-refractivity contribution in [2.75, 3.05) is 14.7 Å². The van der Waals surface area contributed by atoms with E-state index in [9.17, 15) is 0 Å². The third-order valence-corrected chi connectivity index (χ3v) is 19.3. The molecule has 3 nitrogen and oxygen atoms in total. The van der Waals surface area contributed by atoms with Gasteiger partial charge in [0.15, 0.2) is 0 Å². The summed E-state index contributed by atoms with van der Waals surface area (Å²) < 4.78 is 2.65. The maximum atomic E-state index is 2.79. The lowest BCUT2D eigenvalue weighted by Crippen LogP contribution is -2.61. The minimum absolute atomic E-state index is 0.00311. The molecule has 2 atom stereocenters. The summed E-state index contributed by atoms with van der Waals surface area (Å²) in [5, 5.41) is 2.63. The quantitative estimate of drug-likeness (QED) is 0.163. The normalized spacial score (nSPS) is 19.1. The van der Waals surface area contributed by atoms with Crippen LogP contribution in [0.3, 0.4) is 0 Å². The molecule has 0 N–H and O–H groups in total. The molecule has 1 fully saturated rings. The smallest absolute Gasteiger partial charge is 0.252 e. The van der Waals surface area contributed by atoms with Gasteiger partial charge in [-0.15, -0.1) is 11.3 Å². The van der Waals surface area contributed by atoms with Crippen LogP contribution in [0, 0.1) is 6.92 Å². The molecule has 1 aromatic heterocycles. The SMILES string of the molecule is Cc1cc2c3c(c1)N(c1ccc(C(C)(C)C)cc1-c1ccccc1)c1cc(N4c5ccc(C(C)(C)C)cc5C5(C)CCCCC45C)ccc1B3c1ccc(C(C)(C)C)cc1N2c1ccc2sc3ccccc3c2c1. The molecular weight excluding hydrogens is 914 g/mol. The summed E-state index contributed by atoms with van der Waals surface area (Å²) in [6.45, 7) is 28.6. The van der Waals surface area contributed by atoms with Crippen molar-refractivity contribution in [3.63, 3.8) is 0 Å². The Hall–Kier alpha value is -6.56. The van der Waals surface area contributed by atoms with Gasteiger partial charge in [0.05, 0.1) is 11.2 Å². The second kappa shape index (κ2) is 16.2. The van der Waals surface area contributed by atoms with Gasteiger partial charge in [-0.3, -0.25) is 0 Å². The van der Waals surface area contributed by atoms with E-state index >= 15 is 0 Å². The predicted octanol–water partition coefficient (Wildman–Crippen LogP) is 17.7. The Morgan fingerprint density at radius 2 is 1.05 bits per heavy atom. The zero-order valence-corrected chi connectivity index (χ0v) is 46.5. The molecule has 370 valence electrons. The van der Waals surface area contributed by atoms with Gasteiger partial charge >= 0.3 is 0 Å². The fraction of sp³-hybridized carbons (Fsp3) is 0.304. The maximum Gasteiger partial charge on any atom is 0.252 e. The first-order chi connectivity index (χ1) is 35.2. The van der Waals surface area contributed by atoms with Crippen LogP contribution in [0.1, 0.15) is 130 Å². The van der Waals surface area contributed by atoms with Crippen LogP contribution in [0.2, 0.25) is 0 Å². The molecule has 3 aliphatic heterocycles. The lowest BCUT2D eigenvalue weighted by atomic mass is 9.33. The van der Waals surface area contributed by atoms with Crippen LogP contribution in [0.4, 0.5) is 45.5 Å². The first kappa shape index (κ1) is 47.2. The minimum atomic E-state index is -0.0980. The molecule has 4 heterocycles. The lowest BCUT2D eigenvalue weighted by molar-refractivity contribution is 0.195. The van der Waals surface area contributed by atoms with E-state index in [1.54, 1.807) is 0 Å². The standard InChI is InChI=1S/C69H70BN3S/c1-43-36-60-64-61(37-43)72(56-31-25-45(65(2,3)4)38-51(56)44-20-14-13-15-21-44)59-42-49(73-57-32-26-46(66(5,6)7)39-53(57)68(11)34-18-19-35-69(68,73)12)27-30-55(59)70(64)54-29-24-47(67(8,9)10)40-58(54)71(60)48-28-33-63-52(41-48)50-22-16-17-23-62(50)74-63/h13-17,20-33,36-42H,18-19,34-35H2,1-12H3. The molecule has 0 amide bonds. The van der Waals surface area contributed by atoms with Gasteiger partial charge in [-0.25, -0.2) is 0 Å². The molecule has 0 saturated heterocycles. The van der Waals surface area contributed by atoms with Crippen molar-refractivity contribution in [2.24, 2.45) is 0 Å². The Labute approximate surface area is 445 Å². The molecule has 0 radical (unpaired) electrons. The van der Waals surface area contributed by atoms with Crippen molar-refractivity contribution >= 4 is 100 Å². The van der Waals surface area contributed by atoms with Crippen molar-refractivity contribution < 1.29 is 0 Å². The van der Waals surface area contributed by atoms with Gasteiger partial charge in [0, 0.05) is 71.0 Å².